The molecule has 0 saturated heterocycles. The number of hydrogen-bond acceptors (Lipinski definition) is 0. The zero-order valence-corrected chi connectivity index (χ0v) is 9.29. The summed E-state index contributed by atoms with van der Waals surface area (Å²) in [6.07, 6.45) is 17.8. The number of allylic oxidation sites excluding steroid dienone is 8. The first kappa shape index (κ1) is 11.0. The van der Waals surface area contributed by atoms with Crippen LogP contribution in [-0.4, -0.2) is 0 Å². The van der Waals surface area contributed by atoms with Crippen molar-refractivity contribution >= 4 is 0 Å². The summed E-state index contributed by atoms with van der Waals surface area (Å²) in [6.45, 7) is 4.39. The molecule has 0 spiro atoms. The standard InChI is InChI=1S/2C7H10.2H2/c2*1-2-7-5-3-4-6-7;;/h2*3-5H,2,6H2,1H3;2*1H. The molecule has 0 amide bonds. The molecule has 0 atom stereocenters. The maximum absolute atomic E-state index is 2.19. The van der Waals surface area contributed by atoms with Gasteiger partial charge in [0, 0.05) is 2.85 Å². The second kappa shape index (κ2) is 6.42. The van der Waals surface area contributed by atoms with Gasteiger partial charge >= 0.3 is 0 Å². The first-order valence-corrected chi connectivity index (χ1v) is 5.56. The lowest BCUT2D eigenvalue weighted by atomic mass is 10.2. The summed E-state index contributed by atoms with van der Waals surface area (Å²) in [6, 6.07) is 0. The van der Waals surface area contributed by atoms with Gasteiger partial charge in [0.25, 0.3) is 0 Å². The molecular formula is C14H24. The molecule has 0 aromatic rings. The molecule has 2 rings (SSSR count). The van der Waals surface area contributed by atoms with Crippen LogP contribution in [0.25, 0.3) is 0 Å². The Morgan fingerprint density at radius 1 is 0.929 bits per heavy atom. The molecule has 14 heavy (non-hydrogen) atoms. The Labute approximate surface area is 90.7 Å². The smallest absolute Gasteiger partial charge is 0 e. The summed E-state index contributed by atoms with van der Waals surface area (Å²) in [7, 11) is 0. The Morgan fingerprint density at radius 2 is 1.36 bits per heavy atom. The Balaban J connectivity index is 0. The molecule has 0 nitrogen and oxygen atoms in total. The first-order chi connectivity index (χ1) is 6.86. The molecule has 0 bridgehead atoms. The van der Waals surface area contributed by atoms with Crippen LogP contribution in [0.1, 0.15) is 42.4 Å². The molecule has 0 saturated carbocycles. The van der Waals surface area contributed by atoms with Crippen LogP contribution >= 0.6 is 0 Å². The van der Waals surface area contributed by atoms with E-state index in [0.717, 1.165) is 0 Å². The van der Waals surface area contributed by atoms with Crippen molar-refractivity contribution < 1.29 is 2.85 Å². The minimum absolute atomic E-state index is 0. The van der Waals surface area contributed by atoms with Crippen LogP contribution in [0.4, 0.5) is 0 Å². The zero-order chi connectivity index (χ0) is 10.2. The molecule has 2 aliphatic rings. The minimum Gasteiger partial charge on any atom is -0.0805 e. The molecule has 0 heteroatoms. The van der Waals surface area contributed by atoms with Gasteiger partial charge in [-0.3, -0.25) is 0 Å². The van der Waals surface area contributed by atoms with Crippen molar-refractivity contribution in [1.29, 1.82) is 0 Å². The van der Waals surface area contributed by atoms with Gasteiger partial charge in [0.1, 0.15) is 0 Å². The minimum atomic E-state index is 0. The molecule has 0 heterocycles. The summed E-state index contributed by atoms with van der Waals surface area (Å²) in [4.78, 5) is 0. The highest BCUT2D eigenvalue weighted by Crippen LogP contribution is 2.12. The first-order valence-electron chi connectivity index (χ1n) is 5.56. The molecule has 0 aromatic heterocycles. The van der Waals surface area contributed by atoms with Crippen molar-refractivity contribution in [3.8, 4) is 0 Å². The molecule has 0 radical (unpaired) electrons. The molecule has 0 unspecified atom stereocenters. The van der Waals surface area contributed by atoms with E-state index in [0.29, 0.717) is 0 Å². The van der Waals surface area contributed by atoms with Gasteiger partial charge in [-0.1, -0.05) is 61.4 Å². The summed E-state index contributed by atoms with van der Waals surface area (Å²) in [5, 5.41) is 0. The predicted octanol–water partition coefficient (Wildman–Crippen LogP) is 5.06. The van der Waals surface area contributed by atoms with Crippen LogP contribution in [0.5, 0.6) is 0 Å². The van der Waals surface area contributed by atoms with Crippen molar-refractivity contribution in [3.05, 3.63) is 47.6 Å². The second-order valence-corrected chi connectivity index (χ2v) is 3.62. The van der Waals surface area contributed by atoms with Gasteiger partial charge < -0.3 is 0 Å². The Hall–Kier alpha value is -1.04. The quantitative estimate of drug-likeness (QED) is 0.574. The third kappa shape index (κ3) is 3.78. The lowest BCUT2D eigenvalue weighted by molar-refractivity contribution is 1.05. The number of hydrogen-bond donors (Lipinski definition) is 0. The highest BCUT2D eigenvalue weighted by atomic mass is 14.0. The number of rotatable bonds is 2. The summed E-state index contributed by atoms with van der Waals surface area (Å²) in [5.41, 5.74) is 3.11. The molecule has 0 aromatic carbocycles. The topological polar surface area (TPSA) is 0 Å². The van der Waals surface area contributed by atoms with Gasteiger partial charge in [0.05, 0.1) is 0 Å². The van der Waals surface area contributed by atoms with E-state index in [9.17, 15) is 0 Å². The lowest BCUT2D eigenvalue weighted by Crippen LogP contribution is -1.68. The molecule has 2 aliphatic carbocycles. The largest absolute Gasteiger partial charge is 0.0805 e. The van der Waals surface area contributed by atoms with Gasteiger partial charge in [-0.15, -0.1) is 0 Å². The van der Waals surface area contributed by atoms with E-state index >= 15 is 0 Å². The van der Waals surface area contributed by atoms with E-state index in [4.69, 9.17) is 0 Å². The fourth-order valence-electron chi connectivity index (χ4n) is 1.51. The van der Waals surface area contributed by atoms with Gasteiger partial charge in [-0.2, -0.15) is 0 Å². The fraction of sp³-hybridized carbons (Fsp3) is 0.429. The van der Waals surface area contributed by atoms with E-state index in [1.54, 1.807) is 11.1 Å². The highest BCUT2D eigenvalue weighted by Gasteiger charge is 1.92. The van der Waals surface area contributed by atoms with E-state index in [-0.39, 0.29) is 2.85 Å². The molecular weight excluding hydrogens is 168 g/mol. The average molecular weight is 192 g/mol. The molecule has 80 valence electrons. The lowest BCUT2D eigenvalue weighted by Gasteiger charge is -1.88. The van der Waals surface area contributed by atoms with E-state index < -0.39 is 0 Å². The van der Waals surface area contributed by atoms with Crippen molar-refractivity contribution in [1.82, 2.24) is 0 Å². The zero-order valence-electron chi connectivity index (χ0n) is 9.29. The van der Waals surface area contributed by atoms with Crippen LogP contribution in [0.3, 0.4) is 0 Å². The maximum atomic E-state index is 2.19. The Bertz CT molecular complexity index is 253. The van der Waals surface area contributed by atoms with Crippen LogP contribution < -0.4 is 0 Å². The predicted molar refractivity (Wildman–Crippen MR) is 68.5 cm³/mol. The van der Waals surface area contributed by atoms with Crippen LogP contribution in [0.2, 0.25) is 0 Å². The van der Waals surface area contributed by atoms with Crippen LogP contribution in [-0.2, 0) is 0 Å². The highest BCUT2D eigenvalue weighted by molar-refractivity contribution is 5.22. The summed E-state index contributed by atoms with van der Waals surface area (Å²) < 4.78 is 0. The maximum Gasteiger partial charge on any atom is 0 e. The van der Waals surface area contributed by atoms with Gasteiger partial charge in [-0.25, -0.2) is 0 Å². The summed E-state index contributed by atoms with van der Waals surface area (Å²) in [5.74, 6) is 0. The second-order valence-electron chi connectivity index (χ2n) is 3.62. The van der Waals surface area contributed by atoms with E-state index in [1.165, 1.54) is 25.7 Å². The molecule has 0 fully saturated rings. The van der Waals surface area contributed by atoms with Crippen molar-refractivity contribution in [2.24, 2.45) is 0 Å². The van der Waals surface area contributed by atoms with Crippen molar-refractivity contribution in [2.45, 2.75) is 39.5 Å². The van der Waals surface area contributed by atoms with Crippen molar-refractivity contribution in [2.75, 3.05) is 0 Å². The third-order valence-electron chi connectivity index (χ3n) is 2.60. The monoisotopic (exact) mass is 192 g/mol. The average Bonchev–Trinajstić information content (AvgIpc) is 2.92. The third-order valence-corrected chi connectivity index (χ3v) is 2.60. The fourth-order valence-corrected chi connectivity index (χ4v) is 1.51. The van der Waals surface area contributed by atoms with Crippen molar-refractivity contribution in [3.63, 3.8) is 0 Å². The van der Waals surface area contributed by atoms with Gasteiger partial charge in [0.2, 0.25) is 0 Å². The molecule has 0 aliphatic heterocycles. The van der Waals surface area contributed by atoms with Crippen LogP contribution in [0, 0.1) is 0 Å². The SMILES string of the molecule is CCC1=CC=CC1.CCC1=CC=CC1.[HH].[HH]. The van der Waals surface area contributed by atoms with Crippen LogP contribution in [0.15, 0.2) is 47.6 Å². The van der Waals surface area contributed by atoms with Gasteiger partial charge in [-0.05, 0) is 25.7 Å². The van der Waals surface area contributed by atoms with E-state index in [2.05, 4.69) is 50.3 Å². The molecule has 0 N–H and O–H groups in total. The Kier molecular flexibility index (Phi) is 5.06. The van der Waals surface area contributed by atoms with Gasteiger partial charge in [0.15, 0.2) is 0 Å². The summed E-state index contributed by atoms with van der Waals surface area (Å²) >= 11 is 0. The normalized spacial score (nSPS) is 17.6. The Morgan fingerprint density at radius 3 is 1.50 bits per heavy atom. The van der Waals surface area contributed by atoms with E-state index in [1.807, 2.05) is 0 Å².